The van der Waals surface area contributed by atoms with Crippen molar-refractivity contribution in [1.29, 1.82) is 0 Å². The summed E-state index contributed by atoms with van der Waals surface area (Å²) in [4.78, 5) is 0. The second-order valence-corrected chi connectivity index (χ2v) is 5.05. The zero-order chi connectivity index (χ0) is 10.8. The van der Waals surface area contributed by atoms with Gasteiger partial charge in [0, 0.05) is 11.7 Å². The van der Waals surface area contributed by atoms with E-state index in [2.05, 4.69) is 50.4 Å². The van der Waals surface area contributed by atoms with Crippen LogP contribution in [0.5, 0.6) is 0 Å². The van der Waals surface area contributed by atoms with Gasteiger partial charge in [0.25, 0.3) is 0 Å². The van der Waals surface area contributed by atoms with E-state index in [0.717, 1.165) is 5.92 Å². The molecular weight excluding hydrogens is 182 g/mol. The third-order valence-electron chi connectivity index (χ3n) is 3.28. The van der Waals surface area contributed by atoms with Crippen LogP contribution in [0.25, 0.3) is 0 Å². The summed E-state index contributed by atoms with van der Waals surface area (Å²) in [6.45, 7) is 6.77. The Kier molecular flexibility index (Phi) is 2.99. The molecule has 1 aromatic carbocycles. The SMILES string of the molecule is CC(C)c1cccc(N[C@H](C)C2CC2)c1. The Hall–Kier alpha value is -0.980. The molecule has 82 valence electrons. The highest BCUT2D eigenvalue weighted by Crippen LogP contribution is 2.34. The van der Waals surface area contributed by atoms with Gasteiger partial charge in [-0.3, -0.25) is 0 Å². The van der Waals surface area contributed by atoms with E-state index < -0.39 is 0 Å². The van der Waals surface area contributed by atoms with E-state index in [0.29, 0.717) is 12.0 Å². The summed E-state index contributed by atoms with van der Waals surface area (Å²) in [5.41, 5.74) is 2.70. The van der Waals surface area contributed by atoms with Gasteiger partial charge < -0.3 is 5.32 Å². The lowest BCUT2D eigenvalue weighted by Crippen LogP contribution is -2.17. The Labute approximate surface area is 92.9 Å². The Morgan fingerprint density at radius 1 is 1.20 bits per heavy atom. The smallest absolute Gasteiger partial charge is 0.0345 e. The summed E-state index contributed by atoms with van der Waals surface area (Å²) >= 11 is 0. The fraction of sp³-hybridized carbons (Fsp3) is 0.571. The maximum atomic E-state index is 3.60. The quantitative estimate of drug-likeness (QED) is 0.779. The topological polar surface area (TPSA) is 12.0 Å². The van der Waals surface area contributed by atoms with Gasteiger partial charge in [0.1, 0.15) is 0 Å². The molecule has 0 spiro atoms. The lowest BCUT2D eigenvalue weighted by molar-refractivity contribution is 0.694. The third kappa shape index (κ3) is 2.74. The minimum Gasteiger partial charge on any atom is -0.382 e. The predicted molar refractivity (Wildman–Crippen MR) is 66.3 cm³/mol. The first-order chi connectivity index (χ1) is 7.16. The van der Waals surface area contributed by atoms with E-state index in [1.165, 1.54) is 24.1 Å². The second kappa shape index (κ2) is 4.26. The van der Waals surface area contributed by atoms with Gasteiger partial charge in [-0.2, -0.15) is 0 Å². The Morgan fingerprint density at radius 3 is 2.53 bits per heavy atom. The van der Waals surface area contributed by atoms with E-state index >= 15 is 0 Å². The van der Waals surface area contributed by atoms with Gasteiger partial charge in [0.15, 0.2) is 0 Å². The zero-order valence-electron chi connectivity index (χ0n) is 9.96. The molecule has 1 N–H and O–H groups in total. The zero-order valence-corrected chi connectivity index (χ0v) is 9.96. The van der Waals surface area contributed by atoms with Gasteiger partial charge in [-0.05, 0) is 49.3 Å². The summed E-state index contributed by atoms with van der Waals surface area (Å²) in [5, 5.41) is 3.60. The number of rotatable bonds is 4. The van der Waals surface area contributed by atoms with Crippen LogP contribution in [0.15, 0.2) is 24.3 Å². The molecule has 1 atom stereocenters. The summed E-state index contributed by atoms with van der Waals surface area (Å²) in [6, 6.07) is 9.44. The molecule has 1 aromatic rings. The minimum atomic E-state index is 0.614. The van der Waals surface area contributed by atoms with Crippen LogP contribution in [0.2, 0.25) is 0 Å². The van der Waals surface area contributed by atoms with Crippen molar-refractivity contribution < 1.29 is 0 Å². The van der Waals surface area contributed by atoms with Gasteiger partial charge in [-0.1, -0.05) is 26.0 Å². The highest BCUT2D eigenvalue weighted by atomic mass is 14.9. The number of nitrogens with one attached hydrogen (secondary N) is 1. The highest BCUT2D eigenvalue weighted by molar-refractivity contribution is 5.47. The average molecular weight is 203 g/mol. The maximum Gasteiger partial charge on any atom is 0.0345 e. The van der Waals surface area contributed by atoms with Crippen molar-refractivity contribution in [3.8, 4) is 0 Å². The molecule has 0 saturated heterocycles. The maximum absolute atomic E-state index is 3.60. The van der Waals surface area contributed by atoms with Crippen LogP contribution in [0, 0.1) is 5.92 Å². The second-order valence-electron chi connectivity index (χ2n) is 5.05. The summed E-state index contributed by atoms with van der Waals surface area (Å²) < 4.78 is 0. The molecule has 15 heavy (non-hydrogen) atoms. The fourth-order valence-corrected chi connectivity index (χ4v) is 1.96. The summed E-state index contributed by atoms with van der Waals surface area (Å²) in [5.74, 6) is 1.52. The normalized spacial score (nSPS) is 17.9. The third-order valence-corrected chi connectivity index (χ3v) is 3.28. The average Bonchev–Trinajstić information content (AvgIpc) is 3.01. The van der Waals surface area contributed by atoms with E-state index in [1.54, 1.807) is 0 Å². The molecule has 1 fully saturated rings. The van der Waals surface area contributed by atoms with Crippen LogP contribution in [0.3, 0.4) is 0 Å². The van der Waals surface area contributed by atoms with Crippen molar-refractivity contribution >= 4 is 5.69 Å². The summed E-state index contributed by atoms with van der Waals surface area (Å²) in [7, 11) is 0. The molecule has 1 aliphatic carbocycles. The summed E-state index contributed by atoms with van der Waals surface area (Å²) in [6.07, 6.45) is 2.80. The molecule has 1 aliphatic rings. The largest absolute Gasteiger partial charge is 0.382 e. The molecule has 0 unspecified atom stereocenters. The van der Waals surface area contributed by atoms with Crippen LogP contribution >= 0.6 is 0 Å². The van der Waals surface area contributed by atoms with Crippen molar-refractivity contribution in [3.63, 3.8) is 0 Å². The number of benzene rings is 1. The molecule has 1 heteroatoms. The minimum absolute atomic E-state index is 0.614. The van der Waals surface area contributed by atoms with E-state index in [1.807, 2.05) is 0 Å². The standard InChI is InChI=1S/C14H21N/c1-10(2)13-5-4-6-14(9-13)15-11(3)12-7-8-12/h4-6,9-12,15H,7-8H2,1-3H3/t11-/m1/s1. The first-order valence-corrected chi connectivity index (χ1v) is 6.03. The van der Waals surface area contributed by atoms with Crippen molar-refractivity contribution in [2.24, 2.45) is 5.92 Å². The van der Waals surface area contributed by atoms with E-state index in [9.17, 15) is 0 Å². The predicted octanol–water partition coefficient (Wildman–Crippen LogP) is 4.02. The van der Waals surface area contributed by atoms with Gasteiger partial charge in [-0.15, -0.1) is 0 Å². The molecule has 0 aliphatic heterocycles. The van der Waals surface area contributed by atoms with Crippen molar-refractivity contribution in [3.05, 3.63) is 29.8 Å². The van der Waals surface area contributed by atoms with Crippen LogP contribution in [0.1, 0.15) is 45.1 Å². The molecule has 0 radical (unpaired) electrons. The van der Waals surface area contributed by atoms with Gasteiger partial charge in [0.05, 0.1) is 0 Å². The molecule has 1 saturated carbocycles. The molecular formula is C14H21N. The Balaban J connectivity index is 2.03. The van der Waals surface area contributed by atoms with Crippen molar-refractivity contribution in [2.45, 2.75) is 45.6 Å². The molecule has 0 amide bonds. The first kappa shape index (κ1) is 10.5. The van der Waals surface area contributed by atoms with Gasteiger partial charge >= 0.3 is 0 Å². The number of anilines is 1. The van der Waals surface area contributed by atoms with Crippen LogP contribution in [-0.2, 0) is 0 Å². The molecule has 1 nitrogen and oxygen atoms in total. The van der Waals surface area contributed by atoms with Gasteiger partial charge in [-0.25, -0.2) is 0 Å². The molecule has 0 aromatic heterocycles. The van der Waals surface area contributed by atoms with Gasteiger partial charge in [0.2, 0.25) is 0 Å². The van der Waals surface area contributed by atoms with Crippen LogP contribution < -0.4 is 5.32 Å². The molecule has 0 bridgehead atoms. The number of hydrogen-bond donors (Lipinski definition) is 1. The lowest BCUT2D eigenvalue weighted by Gasteiger charge is -2.15. The van der Waals surface area contributed by atoms with Crippen LogP contribution in [0.4, 0.5) is 5.69 Å². The van der Waals surface area contributed by atoms with Crippen LogP contribution in [-0.4, -0.2) is 6.04 Å². The fourth-order valence-electron chi connectivity index (χ4n) is 1.96. The molecule has 2 rings (SSSR count). The number of hydrogen-bond acceptors (Lipinski definition) is 1. The van der Waals surface area contributed by atoms with Crippen molar-refractivity contribution in [1.82, 2.24) is 0 Å². The Bertz CT molecular complexity index is 326. The first-order valence-electron chi connectivity index (χ1n) is 6.03. The van der Waals surface area contributed by atoms with E-state index in [4.69, 9.17) is 0 Å². The monoisotopic (exact) mass is 203 g/mol. The van der Waals surface area contributed by atoms with Crippen molar-refractivity contribution in [2.75, 3.05) is 5.32 Å². The highest BCUT2D eigenvalue weighted by Gasteiger charge is 2.27. The molecule has 0 heterocycles. The lowest BCUT2D eigenvalue weighted by atomic mass is 10.0. The van der Waals surface area contributed by atoms with E-state index in [-0.39, 0.29) is 0 Å². The Morgan fingerprint density at radius 2 is 1.93 bits per heavy atom.